The molecule has 1 fully saturated rings. The van der Waals surface area contributed by atoms with Gasteiger partial charge >= 0.3 is 6.18 Å². The Morgan fingerprint density at radius 2 is 1.96 bits per heavy atom. The molecular formula is C19H28F3N3O2. The van der Waals surface area contributed by atoms with Crippen molar-refractivity contribution in [2.75, 3.05) is 51.3 Å². The molecule has 5 nitrogen and oxygen atoms in total. The SMILES string of the molecule is Cc1cccc(NC(=O)C(C)N2CCN(CCCOCC(F)(F)F)CC2)c1. The molecule has 152 valence electrons. The lowest BCUT2D eigenvalue weighted by Gasteiger charge is -2.37. The number of hydrogen-bond acceptors (Lipinski definition) is 4. The van der Waals surface area contributed by atoms with Crippen LogP contribution in [0.25, 0.3) is 0 Å². The molecule has 1 saturated heterocycles. The van der Waals surface area contributed by atoms with Gasteiger partial charge in [0.05, 0.1) is 6.04 Å². The van der Waals surface area contributed by atoms with Crippen molar-refractivity contribution in [1.82, 2.24) is 9.80 Å². The summed E-state index contributed by atoms with van der Waals surface area (Å²) in [7, 11) is 0. The van der Waals surface area contributed by atoms with Crippen LogP contribution in [0.5, 0.6) is 0 Å². The van der Waals surface area contributed by atoms with Crippen molar-refractivity contribution in [2.45, 2.75) is 32.5 Å². The van der Waals surface area contributed by atoms with Crippen molar-refractivity contribution in [1.29, 1.82) is 0 Å². The maximum Gasteiger partial charge on any atom is 0.411 e. The Bertz CT molecular complexity index is 602. The topological polar surface area (TPSA) is 44.8 Å². The van der Waals surface area contributed by atoms with Crippen LogP contribution in [0.15, 0.2) is 24.3 Å². The smallest absolute Gasteiger partial charge is 0.372 e. The first-order valence-corrected chi connectivity index (χ1v) is 9.23. The van der Waals surface area contributed by atoms with Crippen LogP contribution in [0.3, 0.4) is 0 Å². The monoisotopic (exact) mass is 387 g/mol. The standard InChI is InChI=1S/C19H28F3N3O2/c1-15-5-3-6-17(13-15)23-18(26)16(2)25-10-8-24(9-11-25)7-4-12-27-14-19(20,21)22/h3,5-6,13,16H,4,7-12,14H2,1-2H3,(H,23,26). The molecule has 1 aliphatic heterocycles. The number of halogens is 3. The van der Waals surface area contributed by atoms with Crippen LogP contribution in [-0.2, 0) is 9.53 Å². The minimum atomic E-state index is -4.26. The maximum absolute atomic E-state index is 12.5. The molecule has 0 spiro atoms. The number of anilines is 1. The number of nitrogens with one attached hydrogen (secondary N) is 1. The summed E-state index contributed by atoms with van der Waals surface area (Å²) < 4.78 is 40.6. The third-order valence-corrected chi connectivity index (χ3v) is 4.65. The number of amides is 1. The molecule has 2 rings (SSSR count). The number of nitrogens with zero attached hydrogens (tertiary/aromatic N) is 2. The van der Waals surface area contributed by atoms with Crippen LogP contribution < -0.4 is 5.32 Å². The van der Waals surface area contributed by atoms with E-state index in [4.69, 9.17) is 0 Å². The number of carbonyl (C=O) groups excluding carboxylic acids is 1. The second-order valence-corrected chi connectivity index (χ2v) is 6.93. The molecule has 1 aliphatic rings. The van der Waals surface area contributed by atoms with Gasteiger partial charge in [0.25, 0.3) is 0 Å². The molecule has 0 bridgehead atoms. The highest BCUT2D eigenvalue weighted by Gasteiger charge is 2.28. The van der Waals surface area contributed by atoms with E-state index >= 15 is 0 Å². The molecule has 1 aromatic carbocycles. The highest BCUT2D eigenvalue weighted by Crippen LogP contribution is 2.15. The molecule has 0 aromatic heterocycles. The fraction of sp³-hybridized carbons (Fsp3) is 0.632. The van der Waals surface area contributed by atoms with Crippen LogP contribution >= 0.6 is 0 Å². The average molecular weight is 387 g/mol. The molecule has 1 heterocycles. The first-order chi connectivity index (χ1) is 12.7. The summed E-state index contributed by atoms with van der Waals surface area (Å²) >= 11 is 0. The van der Waals surface area contributed by atoms with Crippen LogP contribution in [0.1, 0.15) is 18.9 Å². The molecule has 0 saturated carbocycles. The van der Waals surface area contributed by atoms with Gasteiger partial charge in [-0.2, -0.15) is 13.2 Å². The zero-order valence-corrected chi connectivity index (χ0v) is 15.9. The van der Waals surface area contributed by atoms with E-state index in [1.807, 2.05) is 38.1 Å². The lowest BCUT2D eigenvalue weighted by atomic mass is 10.2. The number of aryl methyl sites for hydroxylation is 1. The van der Waals surface area contributed by atoms with E-state index < -0.39 is 12.8 Å². The van der Waals surface area contributed by atoms with Crippen LogP contribution in [0.4, 0.5) is 18.9 Å². The lowest BCUT2D eigenvalue weighted by molar-refractivity contribution is -0.174. The number of ether oxygens (including phenoxy) is 1. The van der Waals surface area contributed by atoms with E-state index in [9.17, 15) is 18.0 Å². The Labute approximate surface area is 158 Å². The Balaban J connectivity index is 1.66. The predicted octanol–water partition coefficient (Wildman–Crippen LogP) is 2.91. The van der Waals surface area contributed by atoms with E-state index in [0.29, 0.717) is 13.0 Å². The number of hydrogen-bond donors (Lipinski definition) is 1. The summed E-state index contributed by atoms with van der Waals surface area (Å²) in [5.74, 6) is -0.0328. The molecule has 1 unspecified atom stereocenters. The first-order valence-electron chi connectivity index (χ1n) is 9.23. The van der Waals surface area contributed by atoms with Gasteiger partial charge in [0.1, 0.15) is 6.61 Å². The fourth-order valence-corrected chi connectivity index (χ4v) is 3.09. The number of alkyl halides is 3. The van der Waals surface area contributed by atoms with E-state index in [-0.39, 0.29) is 18.6 Å². The Morgan fingerprint density at radius 1 is 1.26 bits per heavy atom. The second-order valence-electron chi connectivity index (χ2n) is 6.93. The molecule has 1 N–H and O–H groups in total. The van der Waals surface area contributed by atoms with Crippen molar-refractivity contribution < 1.29 is 22.7 Å². The van der Waals surface area contributed by atoms with Crippen LogP contribution in [-0.4, -0.2) is 73.9 Å². The second kappa shape index (κ2) is 10.1. The molecule has 0 aliphatic carbocycles. The molecule has 0 radical (unpaired) electrons. The van der Waals surface area contributed by atoms with Gasteiger partial charge in [-0.15, -0.1) is 0 Å². The highest BCUT2D eigenvalue weighted by molar-refractivity contribution is 5.94. The minimum Gasteiger partial charge on any atom is -0.372 e. The predicted molar refractivity (Wildman–Crippen MR) is 98.8 cm³/mol. The summed E-state index contributed by atoms with van der Waals surface area (Å²) in [4.78, 5) is 16.8. The van der Waals surface area contributed by atoms with E-state index in [1.165, 1.54) is 0 Å². The van der Waals surface area contributed by atoms with Gasteiger partial charge in [0.2, 0.25) is 5.91 Å². The lowest BCUT2D eigenvalue weighted by Crippen LogP contribution is -2.52. The molecule has 8 heteroatoms. The van der Waals surface area contributed by atoms with Crippen molar-refractivity contribution >= 4 is 11.6 Å². The van der Waals surface area contributed by atoms with Gasteiger partial charge in [-0.25, -0.2) is 0 Å². The van der Waals surface area contributed by atoms with Crippen molar-refractivity contribution in [3.05, 3.63) is 29.8 Å². The fourth-order valence-electron chi connectivity index (χ4n) is 3.09. The average Bonchev–Trinajstić information content (AvgIpc) is 2.60. The number of piperazine rings is 1. The molecule has 1 atom stereocenters. The molecule has 1 amide bonds. The molecule has 27 heavy (non-hydrogen) atoms. The van der Waals surface area contributed by atoms with Gasteiger partial charge < -0.3 is 15.0 Å². The van der Waals surface area contributed by atoms with Crippen LogP contribution in [0.2, 0.25) is 0 Å². The van der Waals surface area contributed by atoms with Crippen molar-refractivity contribution in [2.24, 2.45) is 0 Å². The van der Waals surface area contributed by atoms with Gasteiger partial charge in [-0.05, 0) is 38.0 Å². The summed E-state index contributed by atoms with van der Waals surface area (Å²) in [5.41, 5.74) is 1.89. The van der Waals surface area contributed by atoms with E-state index in [1.54, 1.807) is 0 Å². The normalized spacial score (nSPS) is 17.7. The first kappa shape index (κ1) is 21.7. The van der Waals surface area contributed by atoms with Gasteiger partial charge in [-0.1, -0.05) is 12.1 Å². The minimum absolute atomic E-state index is 0.0328. The summed E-state index contributed by atoms with van der Waals surface area (Å²) in [6.07, 6.45) is -3.69. The maximum atomic E-state index is 12.5. The van der Waals surface area contributed by atoms with E-state index in [2.05, 4.69) is 19.9 Å². The van der Waals surface area contributed by atoms with Gasteiger partial charge in [-0.3, -0.25) is 9.69 Å². The summed E-state index contributed by atoms with van der Waals surface area (Å²) in [6.45, 7) is 6.59. The van der Waals surface area contributed by atoms with Gasteiger partial charge in [0, 0.05) is 45.0 Å². The van der Waals surface area contributed by atoms with Crippen molar-refractivity contribution in [3.8, 4) is 0 Å². The Morgan fingerprint density at radius 3 is 2.59 bits per heavy atom. The number of benzene rings is 1. The number of rotatable bonds is 8. The third kappa shape index (κ3) is 7.86. The zero-order chi connectivity index (χ0) is 19.9. The Hall–Kier alpha value is -1.64. The number of carbonyl (C=O) groups is 1. The largest absolute Gasteiger partial charge is 0.411 e. The van der Waals surface area contributed by atoms with E-state index in [0.717, 1.165) is 37.4 Å². The molecule has 1 aromatic rings. The third-order valence-electron chi connectivity index (χ3n) is 4.65. The molecular weight excluding hydrogens is 359 g/mol. The summed E-state index contributed by atoms with van der Waals surface area (Å²) in [6, 6.07) is 7.46. The highest BCUT2D eigenvalue weighted by atomic mass is 19.4. The van der Waals surface area contributed by atoms with Crippen molar-refractivity contribution in [3.63, 3.8) is 0 Å². The Kier molecular flexibility index (Phi) is 8.07. The van der Waals surface area contributed by atoms with Crippen LogP contribution in [0, 0.1) is 6.92 Å². The van der Waals surface area contributed by atoms with Gasteiger partial charge in [0.15, 0.2) is 0 Å². The quantitative estimate of drug-likeness (QED) is 0.697. The zero-order valence-electron chi connectivity index (χ0n) is 15.9. The summed E-state index contributed by atoms with van der Waals surface area (Å²) in [5, 5.41) is 2.95.